The van der Waals surface area contributed by atoms with Crippen molar-refractivity contribution in [2.24, 2.45) is 0 Å². The molecule has 1 aliphatic carbocycles. The Balaban J connectivity index is 1.72. The molecule has 0 atom stereocenters. The molecule has 1 aromatic carbocycles. The molecule has 2 heterocycles. The second kappa shape index (κ2) is 5.43. The fourth-order valence-electron chi connectivity index (χ4n) is 2.70. The quantitative estimate of drug-likeness (QED) is 0.742. The van der Waals surface area contributed by atoms with Gasteiger partial charge < -0.3 is 13.7 Å². The first kappa shape index (κ1) is 13.8. The number of carbonyl (C=O) groups is 1. The molecule has 0 N–H and O–H groups in total. The van der Waals surface area contributed by atoms with Gasteiger partial charge >= 0.3 is 0 Å². The summed E-state index contributed by atoms with van der Waals surface area (Å²) in [4.78, 5) is 27.1. The van der Waals surface area contributed by atoms with Gasteiger partial charge in [-0.1, -0.05) is 12.1 Å². The molecule has 1 aliphatic rings. The van der Waals surface area contributed by atoms with Crippen molar-refractivity contribution in [1.82, 2.24) is 4.90 Å². The summed E-state index contributed by atoms with van der Waals surface area (Å²) in [5.41, 5.74) is 0.266. The SMILES string of the molecule is O=C(c1coc2ccccc2c1=O)N(Cc1ccco1)C1CC1. The van der Waals surface area contributed by atoms with Crippen molar-refractivity contribution in [3.63, 3.8) is 0 Å². The lowest BCUT2D eigenvalue weighted by Gasteiger charge is -2.20. The Labute approximate surface area is 132 Å². The van der Waals surface area contributed by atoms with Crippen molar-refractivity contribution in [2.75, 3.05) is 0 Å². The lowest BCUT2D eigenvalue weighted by atomic mass is 10.1. The third-order valence-electron chi connectivity index (χ3n) is 4.07. The van der Waals surface area contributed by atoms with Gasteiger partial charge in [0.25, 0.3) is 5.91 Å². The first-order chi connectivity index (χ1) is 11.2. The highest BCUT2D eigenvalue weighted by atomic mass is 16.3. The number of benzene rings is 1. The van der Waals surface area contributed by atoms with Crippen LogP contribution in [0.2, 0.25) is 0 Å². The zero-order chi connectivity index (χ0) is 15.8. The Hall–Kier alpha value is -2.82. The predicted octanol–water partition coefficient (Wildman–Crippen LogP) is 3.19. The number of rotatable bonds is 4. The lowest BCUT2D eigenvalue weighted by molar-refractivity contribution is 0.0714. The van der Waals surface area contributed by atoms with Gasteiger partial charge in [0.1, 0.15) is 23.2 Å². The molecule has 4 rings (SSSR count). The molecule has 0 bridgehead atoms. The molecule has 116 valence electrons. The Morgan fingerprint density at radius 1 is 1.13 bits per heavy atom. The molecule has 5 heteroatoms. The van der Waals surface area contributed by atoms with Crippen LogP contribution in [0.5, 0.6) is 0 Å². The van der Waals surface area contributed by atoms with E-state index >= 15 is 0 Å². The van der Waals surface area contributed by atoms with Crippen LogP contribution >= 0.6 is 0 Å². The molecule has 2 aromatic heterocycles. The standard InChI is InChI=1S/C18H15NO4/c20-17-14-5-1-2-6-16(14)23-11-15(17)18(21)19(12-7-8-12)10-13-4-3-9-22-13/h1-6,9,11-12H,7-8,10H2. The monoisotopic (exact) mass is 309 g/mol. The van der Waals surface area contributed by atoms with Crippen LogP contribution in [0.15, 0.2) is 62.6 Å². The number of hydrogen-bond acceptors (Lipinski definition) is 4. The summed E-state index contributed by atoms with van der Waals surface area (Å²) in [6, 6.07) is 10.7. The van der Waals surface area contributed by atoms with Gasteiger partial charge in [-0.15, -0.1) is 0 Å². The number of carbonyl (C=O) groups excluding carboxylic acids is 1. The largest absolute Gasteiger partial charge is 0.467 e. The van der Waals surface area contributed by atoms with Crippen molar-refractivity contribution in [3.05, 3.63) is 70.5 Å². The van der Waals surface area contributed by atoms with Gasteiger partial charge in [0.15, 0.2) is 0 Å². The summed E-state index contributed by atoms with van der Waals surface area (Å²) in [6.07, 6.45) is 4.75. The van der Waals surface area contributed by atoms with Crippen molar-refractivity contribution >= 4 is 16.9 Å². The van der Waals surface area contributed by atoms with Crippen molar-refractivity contribution in [3.8, 4) is 0 Å². The van der Waals surface area contributed by atoms with Crippen LogP contribution in [0, 0.1) is 0 Å². The number of hydrogen-bond donors (Lipinski definition) is 0. The van der Waals surface area contributed by atoms with Gasteiger partial charge in [-0.2, -0.15) is 0 Å². The first-order valence-corrected chi connectivity index (χ1v) is 7.58. The van der Waals surface area contributed by atoms with Crippen LogP contribution in [0.25, 0.3) is 11.0 Å². The van der Waals surface area contributed by atoms with Crippen LogP contribution in [-0.2, 0) is 6.54 Å². The minimum absolute atomic E-state index is 0.0714. The van der Waals surface area contributed by atoms with Crippen molar-refractivity contribution in [2.45, 2.75) is 25.4 Å². The van der Waals surface area contributed by atoms with Crippen molar-refractivity contribution < 1.29 is 13.6 Å². The van der Waals surface area contributed by atoms with E-state index in [-0.39, 0.29) is 22.9 Å². The lowest BCUT2D eigenvalue weighted by Crippen LogP contribution is -2.35. The first-order valence-electron chi connectivity index (χ1n) is 7.58. The van der Waals surface area contributed by atoms with E-state index in [4.69, 9.17) is 8.83 Å². The van der Waals surface area contributed by atoms with E-state index in [0.717, 1.165) is 12.8 Å². The second-order valence-corrected chi connectivity index (χ2v) is 5.72. The fraction of sp³-hybridized carbons (Fsp3) is 0.222. The number of furan rings is 1. The van der Waals surface area contributed by atoms with Crippen LogP contribution in [-0.4, -0.2) is 16.8 Å². The molecule has 0 spiro atoms. The fourth-order valence-corrected chi connectivity index (χ4v) is 2.70. The minimum Gasteiger partial charge on any atom is -0.467 e. The third-order valence-corrected chi connectivity index (χ3v) is 4.07. The normalized spacial score (nSPS) is 14.1. The number of nitrogens with zero attached hydrogens (tertiary/aromatic N) is 1. The second-order valence-electron chi connectivity index (χ2n) is 5.72. The number of para-hydroxylation sites is 1. The number of fused-ring (bicyclic) bond motifs is 1. The average Bonchev–Trinajstić information content (AvgIpc) is 3.29. The van der Waals surface area contributed by atoms with Gasteiger partial charge in [0.2, 0.25) is 5.43 Å². The Bertz CT molecular complexity index is 906. The summed E-state index contributed by atoms with van der Waals surface area (Å²) in [5, 5.41) is 0.423. The van der Waals surface area contributed by atoms with Crippen LogP contribution < -0.4 is 5.43 Å². The van der Waals surface area contributed by atoms with Gasteiger partial charge in [-0.05, 0) is 37.1 Å². The summed E-state index contributed by atoms with van der Waals surface area (Å²) >= 11 is 0. The highest BCUT2D eigenvalue weighted by Crippen LogP contribution is 2.29. The maximum Gasteiger partial charge on any atom is 0.261 e. The van der Waals surface area contributed by atoms with E-state index < -0.39 is 0 Å². The molecule has 5 nitrogen and oxygen atoms in total. The van der Waals surface area contributed by atoms with E-state index in [1.807, 2.05) is 6.07 Å². The molecule has 0 radical (unpaired) electrons. The van der Waals surface area contributed by atoms with E-state index in [1.54, 1.807) is 41.5 Å². The minimum atomic E-state index is -0.302. The smallest absolute Gasteiger partial charge is 0.261 e. The van der Waals surface area contributed by atoms with E-state index in [9.17, 15) is 9.59 Å². The van der Waals surface area contributed by atoms with Gasteiger partial charge in [-0.3, -0.25) is 9.59 Å². The summed E-state index contributed by atoms with van der Waals surface area (Å²) in [5.74, 6) is 0.402. The average molecular weight is 309 g/mol. The maximum absolute atomic E-state index is 12.8. The molecule has 1 fully saturated rings. The third kappa shape index (κ3) is 2.54. The van der Waals surface area contributed by atoms with Gasteiger partial charge in [-0.25, -0.2) is 0 Å². The molecule has 0 saturated heterocycles. The molecular formula is C18H15NO4. The molecule has 0 unspecified atom stereocenters. The molecule has 0 aliphatic heterocycles. The zero-order valence-corrected chi connectivity index (χ0v) is 12.4. The highest BCUT2D eigenvalue weighted by Gasteiger charge is 2.34. The molecule has 1 saturated carbocycles. The van der Waals surface area contributed by atoms with E-state index in [1.165, 1.54) is 6.26 Å². The van der Waals surface area contributed by atoms with Gasteiger partial charge in [0, 0.05) is 6.04 Å². The summed E-state index contributed by atoms with van der Waals surface area (Å²) < 4.78 is 10.8. The maximum atomic E-state index is 12.8. The molecule has 1 amide bonds. The van der Waals surface area contributed by atoms with E-state index in [0.29, 0.717) is 23.3 Å². The zero-order valence-electron chi connectivity index (χ0n) is 12.4. The Kier molecular flexibility index (Phi) is 3.26. The Morgan fingerprint density at radius 2 is 1.96 bits per heavy atom. The molecule has 23 heavy (non-hydrogen) atoms. The van der Waals surface area contributed by atoms with Crippen LogP contribution in [0.3, 0.4) is 0 Å². The van der Waals surface area contributed by atoms with Crippen LogP contribution in [0.4, 0.5) is 0 Å². The number of amides is 1. The van der Waals surface area contributed by atoms with E-state index in [2.05, 4.69) is 0 Å². The summed E-state index contributed by atoms with van der Waals surface area (Å²) in [6.45, 7) is 0.364. The Morgan fingerprint density at radius 3 is 2.70 bits per heavy atom. The summed E-state index contributed by atoms with van der Waals surface area (Å²) in [7, 11) is 0. The molecular weight excluding hydrogens is 294 g/mol. The molecule has 3 aromatic rings. The van der Waals surface area contributed by atoms with Crippen LogP contribution in [0.1, 0.15) is 29.0 Å². The topological polar surface area (TPSA) is 63.7 Å². The highest BCUT2D eigenvalue weighted by molar-refractivity contribution is 5.96. The predicted molar refractivity (Wildman–Crippen MR) is 84.1 cm³/mol. The van der Waals surface area contributed by atoms with Crippen molar-refractivity contribution in [1.29, 1.82) is 0 Å². The van der Waals surface area contributed by atoms with Gasteiger partial charge in [0.05, 0.1) is 18.2 Å².